The van der Waals surface area contributed by atoms with Crippen molar-refractivity contribution in [3.63, 3.8) is 0 Å². The van der Waals surface area contributed by atoms with Crippen molar-refractivity contribution in [2.75, 3.05) is 0 Å². The lowest BCUT2D eigenvalue weighted by atomic mass is 9.83. The number of benzene rings is 1. The molecular weight excluding hydrogens is 238 g/mol. The van der Waals surface area contributed by atoms with Crippen LogP contribution in [-0.4, -0.2) is 18.0 Å². The maximum absolute atomic E-state index is 13.6. The predicted molar refractivity (Wildman–Crippen MR) is 63.4 cm³/mol. The summed E-state index contributed by atoms with van der Waals surface area (Å²) in [6.45, 7) is 5.57. The average molecular weight is 254 g/mol. The number of rotatable bonds is 2. The summed E-state index contributed by atoms with van der Waals surface area (Å²) in [5, 5.41) is 0. The second kappa shape index (κ2) is 4.76. The van der Waals surface area contributed by atoms with Gasteiger partial charge in [-0.15, -0.1) is 0 Å². The van der Waals surface area contributed by atoms with Crippen molar-refractivity contribution in [1.82, 2.24) is 0 Å². The highest BCUT2D eigenvalue weighted by molar-refractivity contribution is 5.98. The quantitative estimate of drug-likeness (QED) is 0.757. The van der Waals surface area contributed by atoms with E-state index in [0.717, 1.165) is 18.2 Å². The molecule has 1 aromatic rings. The Labute approximate surface area is 105 Å². The van der Waals surface area contributed by atoms with E-state index in [9.17, 15) is 13.6 Å². The lowest BCUT2D eigenvalue weighted by molar-refractivity contribution is 0.0490. The minimum absolute atomic E-state index is 0.00447. The van der Waals surface area contributed by atoms with Crippen LogP contribution in [0.3, 0.4) is 0 Å². The van der Waals surface area contributed by atoms with Gasteiger partial charge in [-0.05, 0) is 38.0 Å². The van der Waals surface area contributed by atoms with Gasteiger partial charge in [-0.2, -0.15) is 0 Å². The number of halogens is 2. The second-order valence-electron chi connectivity index (χ2n) is 4.92. The van der Waals surface area contributed by atoms with Gasteiger partial charge in [-0.25, -0.2) is 8.78 Å². The van der Waals surface area contributed by atoms with E-state index in [1.165, 1.54) is 0 Å². The first-order valence-electron chi connectivity index (χ1n) is 6.06. The molecule has 0 bridgehead atoms. The van der Waals surface area contributed by atoms with Gasteiger partial charge in [0.2, 0.25) is 0 Å². The Morgan fingerprint density at radius 2 is 1.83 bits per heavy atom. The first-order valence-corrected chi connectivity index (χ1v) is 6.06. The zero-order valence-electron chi connectivity index (χ0n) is 10.6. The first-order chi connectivity index (χ1) is 8.41. The standard InChI is InChI=1S/C14H16F2O2/c1-7-8(2)18-9(3)13(7)14(17)11-6-10(15)4-5-12(11)16/h4-9,13H,1-3H3. The third-order valence-corrected chi connectivity index (χ3v) is 3.74. The van der Waals surface area contributed by atoms with Crippen LogP contribution in [0.25, 0.3) is 0 Å². The van der Waals surface area contributed by atoms with Gasteiger partial charge in [-0.1, -0.05) is 6.92 Å². The molecule has 1 fully saturated rings. The normalized spacial score (nSPS) is 31.6. The summed E-state index contributed by atoms with van der Waals surface area (Å²) in [5.74, 6) is -2.09. The Morgan fingerprint density at radius 3 is 2.39 bits per heavy atom. The van der Waals surface area contributed by atoms with Crippen LogP contribution in [0.4, 0.5) is 8.78 Å². The van der Waals surface area contributed by atoms with E-state index in [1.54, 1.807) is 6.92 Å². The summed E-state index contributed by atoms with van der Waals surface area (Å²) in [5.41, 5.74) is -0.184. The lowest BCUT2D eigenvalue weighted by Crippen LogP contribution is -2.27. The molecule has 98 valence electrons. The van der Waals surface area contributed by atoms with Crippen molar-refractivity contribution in [3.8, 4) is 0 Å². The smallest absolute Gasteiger partial charge is 0.171 e. The number of carbonyl (C=O) groups is 1. The van der Waals surface area contributed by atoms with Crippen LogP contribution in [0.1, 0.15) is 31.1 Å². The molecule has 0 radical (unpaired) electrons. The number of Topliss-reactive ketones (excluding diaryl/α,β-unsaturated/α-hetero) is 1. The molecule has 0 aromatic heterocycles. The van der Waals surface area contributed by atoms with Crippen LogP contribution in [-0.2, 0) is 4.74 Å². The molecule has 0 aliphatic carbocycles. The van der Waals surface area contributed by atoms with E-state index in [0.29, 0.717) is 0 Å². The van der Waals surface area contributed by atoms with Crippen molar-refractivity contribution in [1.29, 1.82) is 0 Å². The number of ketones is 1. The molecule has 0 N–H and O–H groups in total. The van der Waals surface area contributed by atoms with Crippen LogP contribution in [0.15, 0.2) is 18.2 Å². The Kier molecular flexibility index (Phi) is 3.48. The van der Waals surface area contributed by atoms with Crippen LogP contribution in [0.5, 0.6) is 0 Å². The molecular formula is C14H16F2O2. The maximum Gasteiger partial charge on any atom is 0.171 e. The Bertz CT molecular complexity index is 473. The summed E-state index contributed by atoms with van der Waals surface area (Å²) >= 11 is 0. The van der Waals surface area contributed by atoms with Gasteiger partial charge in [0, 0.05) is 0 Å². The van der Waals surface area contributed by atoms with Gasteiger partial charge in [0.05, 0.1) is 23.7 Å². The van der Waals surface area contributed by atoms with Gasteiger partial charge in [0.25, 0.3) is 0 Å². The summed E-state index contributed by atoms with van der Waals surface area (Å²) in [6.07, 6.45) is -0.323. The van der Waals surface area contributed by atoms with E-state index in [1.807, 2.05) is 13.8 Å². The fourth-order valence-corrected chi connectivity index (χ4v) is 2.58. The van der Waals surface area contributed by atoms with Crippen LogP contribution in [0, 0.1) is 23.5 Å². The first kappa shape index (κ1) is 13.1. The summed E-state index contributed by atoms with van der Waals surface area (Å²) in [4.78, 5) is 12.3. The molecule has 2 nitrogen and oxygen atoms in total. The Hall–Kier alpha value is -1.29. The largest absolute Gasteiger partial charge is 0.374 e. The van der Waals surface area contributed by atoms with Gasteiger partial charge >= 0.3 is 0 Å². The minimum Gasteiger partial charge on any atom is -0.374 e. The van der Waals surface area contributed by atoms with E-state index >= 15 is 0 Å². The molecule has 4 atom stereocenters. The molecule has 2 rings (SSSR count). The van der Waals surface area contributed by atoms with Crippen LogP contribution < -0.4 is 0 Å². The third-order valence-electron chi connectivity index (χ3n) is 3.74. The van der Waals surface area contributed by atoms with E-state index < -0.39 is 17.6 Å². The van der Waals surface area contributed by atoms with Crippen molar-refractivity contribution in [2.45, 2.75) is 33.0 Å². The van der Waals surface area contributed by atoms with Crippen LogP contribution >= 0.6 is 0 Å². The minimum atomic E-state index is -0.680. The predicted octanol–water partition coefficient (Wildman–Crippen LogP) is 3.21. The number of ether oxygens (including phenoxy) is 1. The van der Waals surface area contributed by atoms with Gasteiger partial charge in [-0.3, -0.25) is 4.79 Å². The maximum atomic E-state index is 13.6. The van der Waals surface area contributed by atoms with E-state index in [2.05, 4.69) is 0 Å². The molecule has 4 unspecified atom stereocenters. The van der Waals surface area contributed by atoms with Gasteiger partial charge in [0.1, 0.15) is 11.6 Å². The fourth-order valence-electron chi connectivity index (χ4n) is 2.58. The molecule has 1 heterocycles. The number of hydrogen-bond donors (Lipinski definition) is 0. The second-order valence-corrected chi connectivity index (χ2v) is 4.92. The number of carbonyl (C=O) groups excluding carboxylic acids is 1. The molecule has 18 heavy (non-hydrogen) atoms. The highest BCUT2D eigenvalue weighted by Crippen LogP contribution is 2.35. The third kappa shape index (κ3) is 2.17. The van der Waals surface area contributed by atoms with E-state index in [4.69, 9.17) is 4.74 Å². The molecule has 0 saturated carbocycles. The molecule has 0 amide bonds. The highest BCUT2D eigenvalue weighted by atomic mass is 19.1. The summed E-state index contributed by atoms with van der Waals surface area (Å²) in [7, 11) is 0. The van der Waals surface area contributed by atoms with Gasteiger partial charge in [0.15, 0.2) is 5.78 Å². The molecule has 0 spiro atoms. The van der Waals surface area contributed by atoms with Gasteiger partial charge < -0.3 is 4.74 Å². The van der Waals surface area contributed by atoms with Crippen molar-refractivity contribution < 1.29 is 18.3 Å². The molecule has 1 aliphatic heterocycles. The summed E-state index contributed by atoms with van der Waals surface area (Å²) < 4.78 is 32.3. The fraction of sp³-hybridized carbons (Fsp3) is 0.500. The molecule has 1 aliphatic rings. The SMILES string of the molecule is CC1OC(C)C(C(=O)c2cc(F)ccc2F)C1C. The Morgan fingerprint density at radius 1 is 1.17 bits per heavy atom. The van der Waals surface area contributed by atoms with Crippen molar-refractivity contribution >= 4 is 5.78 Å². The van der Waals surface area contributed by atoms with E-state index in [-0.39, 0.29) is 29.5 Å². The zero-order chi connectivity index (χ0) is 13.4. The van der Waals surface area contributed by atoms with Crippen LogP contribution in [0.2, 0.25) is 0 Å². The molecule has 4 heteroatoms. The zero-order valence-corrected chi connectivity index (χ0v) is 10.6. The lowest BCUT2D eigenvalue weighted by Gasteiger charge is -2.17. The monoisotopic (exact) mass is 254 g/mol. The van der Waals surface area contributed by atoms with Crippen molar-refractivity contribution in [2.24, 2.45) is 11.8 Å². The Balaban J connectivity index is 2.34. The number of hydrogen-bond acceptors (Lipinski definition) is 2. The summed E-state index contributed by atoms with van der Waals surface area (Å²) in [6, 6.07) is 2.95. The average Bonchev–Trinajstić information content (AvgIpc) is 2.56. The molecule has 1 saturated heterocycles. The van der Waals surface area contributed by atoms with Crippen molar-refractivity contribution in [3.05, 3.63) is 35.4 Å². The molecule has 1 aromatic carbocycles. The topological polar surface area (TPSA) is 26.3 Å². The highest BCUT2D eigenvalue weighted by Gasteiger charge is 2.42.